The lowest BCUT2D eigenvalue weighted by Gasteiger charge is -2.31. The molecule has 1 unspecified atom stereocenters. The van der Waals surface area contributed by atoms with Crippen LogP contribution >= 0.6 is 23.1 Å². The third kappa shape index (κ3) is 6.17. The van der Waals surface area contributed by atoms with E-state index in [0.717, 1.165) is 60.4 Å². The molecule has 0 bridgehead atoms. The highest BCUT2D eigenvalue weighted by Crippen LogP contribution is 2.25. The number of carbonyl (C=O) groups excluding carboxylic acids is 1. The Bertz CT molecular complexity index is 749. The van der Waals surface area contributed by atoms with Crippen molar-refractivity contribution in [2.75, 3.05) is 24.5 Å². The van der Waals surface area contributed by atoms with Crippen LogP contribution in [0, 0.1) is 5.92 Å². The molecule has 1 N–H and O–H groups in total. The van der Waals surface area contributed by atoms with E-state index in [-0.39, 0.29) is 11.8 Å². The Morgan fingerprint density at radius 1 is 1.29 bits per heavy atom. The van der Waals surface area contributed by atoms with Crippen molar-refractivity contribution in [2.45, 2.75) is 51.9 Å². The van der Waals surface area contributed by atoms with Crippen molar-refractivity contribution in [3.63, 3.8) is 0 Å². The van der Waals surface area contributed by atoms with Gasteiger partial charge in [0.25, 0.3) is 0 Å². The largest absolute Gasteiger partial charge is 0.356 e. The summed E-state index contributed by atoms with van der Waals surface area (Å²) in [7, 11) is 0. The van der Waals surface area contributed by atoms with E-state index in [1.165, 1.54) is 30.8 Å². The Kier molecular flexibility index (Phi) is 8.10. The van der Waals surface area contributed by atoms with Gasteiger partial charge in [0.15, 0.2) is 0 Å². The molecule has 28 heavy (non-hydrogen) atoms. The number of rotatable bonds is 9. The van der Waals surface area contributed by atoms with Crippen LogP contribution in [0.1, 0.15) is 56.8 Å². The number of halogens is 1. The van der Waals surface area contributed by atoms with Crippen LogP contribution in [0.25, 0.3) is 0 Å². The molecule has 1 atom stereocenters. The summed E-state index contributed by atoms with van der Waals surface area (Å²) in [6, 6.07) is 7.79. The molecule has 1 aliphatic heterocycles. The monoisotopic (exact) mass is 420 g/mol. The van der Waals surface area contributed by atoms with Crippen LogP contribution in [0.3, 0.4) is 0 Å². The van der Waals surface area contributed by atoms with Gasteiger partial charge in [0, 0.05) is 42.6 Å². The van der Waals surface area contributed by atoms with Gasteiger partial charge in [0.05, 0.1) is 5.92 Å². The van der Waals surface area contributed by atoms with Gasteiger partial charge in [-0.3, -0.25) is 4.79 Å². The van der Waals surface area contributed by atoms with Crippen LogP contribution in [0.2, 0.25) is 5.02 Å². The van der Waals surface area contributed by atoms with Crippen molar-refractivity contribution >= 4 is 34.2 Å². The van der Waals surface area contributed by atoms with Gasteiger partial charge in [0.2, 0.25) is 11.0 Å². The van der Waals surface area contributed by atoms with Crippen LogP contribution in [0.4, 0.5) is 5.13 Å². The van der Waals surface area contributed by atoms with E-state index < -0.39 is 0 Å². The highest BCUT2D eigenvalue weighted by molar-refractivity contribution is 7.09. The zero-order chi connectivity index (χ0) is 19.8. The fraction of sp³-hybridized carbons (Fsp3) is 0.571. The van der Waals surface area contributed by atoms with Crippen LogP contribution in [-0.4, -0.2) is 34.9 Å². The maximum absolute atomic E-state index is 12.5. The summed E-state index contributed by atoms with van der Waals surface area (Å²) in [6.07, 6.45) is 7.38. The highest BCUT2D eigenvalue weighted by Gasteiger charge is 2.27. The molecule has 1 amide bonds. The molecule has 0 aliphatic carbocycles. The lowest BCUT2D eigenvalue weighted by atomic mass is 9.97. The molecule has 7 heteroatoms. The van der Waals surface area contributed by atoms with Crippen LogP contribution in [-0.2, 0) is 11.2 Å². The Morgan fingerprint density at radius 2 is 2.11 bits per heavy atom. The predicted octanol–water partition coefficient (Wildman–Crippen LogP) is 4.70. The van der Waals surface area contributed by atoms with Crippen molar-refractivity contribution < 1.29 is 4.79 Å². The Morgan fingerprint density at radius 3 is 2.89 bits per heavy atom. The van der Waals surface area contributed by atoms with E-state index in [1.54, 1.807) is 0 Å². The standard InChI is InChI=1S/C21H29ClN4OS/c1-2-3-4-5-12-23-20(27)17-7-6-13-26(15-17)21-24-19(25-28-21)14-16-8-10-18(22)11-9-16/h8-11,17H,2-7,12-15H2,1H3,(H,23,27). The van der Waals surface area contributed by atoms with Gasteiger partial charge >= 0.3 is 0 Å². The number of unbranched alkanes of at least 4 members (excludes halogenated alkanes) is 3. The smallest absolute Gasteiger partial charge is 0.224 e. The van der Waals surface area contributed by atoms with E-state index in [1.807, 2.05) is 24.3 Å². The number of anilines is 1. The number of nitrogens with zero attached hydrogens (tertiary/aromatic N) is 3. The Hall–Kier alpha value is -1.66. The average molecular weight is 421 g/mol. The second-order valence-corrected chi connectivity index (χ2v) is 8.60. The summed E-state index contributed by atoms with van der Waals surface area (Å²) in [5.74, 6) is 1.06. The summed E-state index contributed by atoms with van der Waals surface area (Å²) in [5, 5.41) is 4.77. The van der Waals surface area contributed by atoms with E-state index >= 15 is 0 Å². The van der Waals surface area contributed by atoms with Gasteiger partial charge in [-0.05, 0) is 37.0 Å². The topological polar surface area (TPSA) is 58.1 Å². The third-order valence-corrected chi connectivity index (χ3v) is 6.19. The minimum atomic E-state index is 0.0449. The van der Waals surface area contributed by atoms with Gasteiger partial charge < -0.3 is 10.2 Å². The molecule has 1 aliphatic rings. The van der Waals surface area contributed by atoms with Crippen molar-refractivity contribution in [2.24, 2.45) is 5.92 Å². The molecule has 2 aromatic rings. The fourth-order valence-corrected chi connectivity index (χ4v) is 4.35. The Labute approximate surface area is 176 Å². The highest BCUT2D eigenvalue weighted by atomic mass is 35.5. The first-order valence-corrected chi connectivity index (χ1v) is 11.4. The first-order chi connectivity index (χ1) is 13.7. The normalized spacial score (nSPS) is 16.9. The zero-order valence-electron chi connectivity index (χ0n) is 16.5. The molecule has 2 heterocycles. The van der Waals surface area contributed by atoms with E-state index in [9.17, 15) is 4.79 Å². The predicted molar refractivity (Wildman–Crippen MR) is 116 cm³/mol. The van der Waals surface area contributed by atoms with Gasteiger partial charge in [-0.25, -0.2) is 4.98 Å². The summed E-state index contributed by atoms with van der Waals surface area (Å²) in [5.41, 5.74) is 1.15. The number of nitrogens with one attached hydrogen (secondary N) is 1. The number of hydrogen-bond acceptors (Lipinski definition) is 5. The maximum atomic E-state index is 12.5. The molecular formula is C21H29ClN4OS. The second kappa shape index (κ2) is 10.8. The maximum Gasteiger partial charge on any atom is 0.224 e. The third-order valence-electron chi connectivity index (χ3n) is 5.13. The van der Waals surface area contributed by atoms with Crippen molar-refractivity contribution in [1.82, 2.24) is 14.7 Å². The first-order valence-electron chi connectivity index (χ1n) is 10.3. The summed E-state index contributed by atoms with van der Waals surface area (Å²) < 4.78 is 4.51. The first kappa shape index (κ1) is 21.1. The summed E-state index contributed by atoms with van der Waals surface area (Å²) >= 11 is 7.37. The zero-order valence-corrected chi connectivity index (χ0v) is 18.1. The molecule has 0 saturated carbocycles. The summed E-state index contributed by atoms with van der Waals surface area (Å²) in [4.78, 5) is 19.4. The van der Waals surface area contributed by atoms with Gasteiger partial charge in [-0.1, -0.05) is 49.9 Å². The number of benzene rings is 1. The van der Waals surface area contributed by atoms with Gasteiger partial charge in [-0.2, -0.15) is 4.37 Å². The molecular weight excluding hydrogens is 392 g/mol. The lowest BCUT2D eigenvalue weighted by molar-refractivity contribution is -0.125. The molecule has 3 rings (SSSR count). The lowest BCUT2D eigenvalue weighted by Crippen LogP contribution is -2.43. The quantitative estimate of drug-likeness (QED) is 0.597. The average Bonchev–Trinajstić information content (AvgIpc) is 3.18. The van der Waals surface area contributed by atoms with E-state index in [2.05, 4.69) is 21.5 Å². The molecule has 1 saturated heterocycles. The van der Waals surface area contributed by atoms with Crippen molar-refractivity contribution in [3.8, 4) is 0 Å². The second-order valence-electron chi connectivity index (χ2n) is 7.43. The van der Waals surface area contributed by atoms with Crippen molar-refractivity contribution in [3.05, 3.63) is 40.7 Å². The van der Waals surface area contributed by atoms with Crippen LogP contribution in [0.5, 0.6) is 0 Å². The SMILES string of the molecule is CCCCCCNC(=O)C1CCCN(c2nc(Cc3ccc(Cl)cc3)ns2)C1. The Balaban J connectivity index is 1.50. The molecule has 1 fully saturated rings. The minimum absolute atomic E-state index is 0.0449. The molecule has 5 nitrogen and oxygen atoms in total. The number of hydrogen-bond donors (Lipinski definition) is 1. The molecule has 1 aromatic carbocycles. The van der Waals surface area contributed by atoms with Gasteiger partial charge in [0.1, 0.15) is 5.82 Å². The van der Waals surface area contributed by atoms with Crippen LogP contribution in [0.15, 0.2) is 24.3 Å². The molecule has 0 radical (unpaired) electrons. The number of aromatic nitrogens is 2. The molecule has 0 spiro atoms. The minimum Gasteiger partial charge on any atom is -0.356 e. The molecule has 152 valence electrons. The fourth-order valence-electron chi connectivity index (χ4n) is 3.50. The van der Waals surface area contributed by atoms with E-state index in [0.29, 0.717) is 6.42 Å². The van der Waals surface area contributed by atoms with Crippen LogP contribution < -0.4 is 10.2 Å². The molecule has 1 aromatic heterocycles. The number of piperidine rings is 1. The number of amides is 1. The number of carbonyl (C=O) groups is 1. The van der Waals surface area contributed by atoms with Gasteiger partial charge in [-0.15, -0.1) is 0 Å². The summed E-state index contributed by atoms with van der Waals surface area (Å²) in [6.45, 7) is 4.66. The van der Waals surface area contributed by atoms with Crippen molar-refractivity contribution in [1.29, 1.82) is 0 Å². The van der Waals surface area contributed by atoms with E-state index in [4.69, 9.17) is 16.6 Å².